The van der Waals surface area contributed by atoms with E-state index in [9.17, 15) is 18.4 Å². The first-order chi connectivity index (χ1) is 10.9. The quantitative estimate of drug-likeness (QED) is 0.571. The third-order valence-electron chi connectivity index (χ3n) is 3.21. The SMILES string of the molecule is CC(=O)c1ccc(NS(=O)(=O)c2ccc3no[n+]([O-])c3c2)cc1. The molecule has 0 aliphatic carbocycles. The third kappa shape index (κ3) is 2.86. The van der Waals surface area contributed by atoms with Crippen LogP contribution in [0.3, 0.4) is 0 Å². The summed E-state index contributed by atoms with van der Waals surface area (Å²) in [6.45, 7) is 1.42. The highest BCUT2D eigenvalue weighted by molar-refractivity contribution is 7.92. The number of benzene rings is 2. The topological polar surface area (TPSA) is 116 Å². The van der Waals surface area contributed by atoms with Gasteiger partial charge in [-0.1, -0.05) is 0 Å². The van der Waals surface area contributed by atoms with Crippen LogP contribution in [-0.4, -0.2) is 19.4 Å². The Kier molecular flexibility index (Phi) is 3.49. The standard InChI is InChI=1S/C14H11N3O5S/c1-9(18)10-2-4-11(5-3-10)16-23(20,21)12-6-7-13-14(8-12)17(19)22-15-13/h2-8,16H,1H3. The molecule has 0 bridgehead atoms. The van der Waals surface area contributed by atoms with Gasteiger partial charge < -0.3 is 5.21 Å². The summed E-state index contributed by atoms with van der Waals surface area (Å²) in [6.07, 6.45) is 0. The highest BCUT2D eigenvalue weighted by Gasteiger charge is 2.19. The van der Waals surface area contributed by atoms with Crippen LogP contribution in [-0.2, 0) is 10.0 Å². The number of nitrogens with one attached hydrogen (secondary N) is 1. The molecule has 0 saturated heterocycles. The smallest absolute Gasteiger partial charge is 0.262 e. The van der Waals surface area contributed by atoms with E-state index in [0.717, 1.165) is 0 Å². The number of nitrogens with zero attached hydrogens (tertiary/aromatic N) is 2. The predicted molar refractivity (Wildman–Crippen MR) is 80.2 cm³/mol. The fourth-order valence-corrected chi connectivity index (χ4v) is 3.08. The molecule has 3 aromatic rings. The molecular formula is C14H11N3O5S. The average Bonchev–Trinajstić information content (AvgIpc) is 2.88. The predicted octanol–water partition coefficient (Wildman–Crippen LogP) is 1.46. The maximum atomic E-state index is 12.4. The number of sulfonamides is 1. The number of hydrogen-bond donors (Lipinski definition) is 1. The van der Waals surface area contributed by atoms with Gasteiger partial charge in [0.15, 0.2) is 5.78 Å². The number of anilines is 1. The largest absolute Gasteiger partial charge is 0.359 e. The highest BCUT2D eigenvalue weighted by Crippen LogP contribution is 2.19. The van der Waals surface area contributed by atoms with Gasteiger partial charge in [-0.3, -0.25) is 14.1 Å². The molecule has 0 saturated carbocycles. The Morgan fingerprint density at radius 1 is 1.22 bits per heavy atom. The van der Waals surface area contributed by atoms with Gasteiger partial charge in [-0.2, -0.15) is 0 Å². The van der Waals surface area contributed by atoms with Crippen molar-refractivity contribution in [1.82, 2.24) is 5.16 Å². The van der Waals surface area contributed by atoms with E-state index in [0.29, 0.717) is 11.3 Å². The van der Waals surface area contributed by atoms with E-state index in [1.807, 2.05) is 0 Å². The molecule has 1 N–H and O–H groups in total. The van der Waals surface area contributed by atoms with Gasteiger partial charge in [0.25, 0.3) is 10.0 Å². The normalized spacial score (nSPS) is 11.5. The van der Waals surface area contributed by atoms with Crippen LogP contribution in [0.5, 0.6) is 0 Å². The van der Waals surface area contributed by atoms with Gasteiger partial charge in [-0.05, 0) is 48.2 Å². The van der Waals surface area contributed by atoms with Crippen molar-refractivity contribution in [2.75, 3.05) is 4.72 Å². The molecule has 0 aliphatic rings. The summed E-state index contributed by atoms with van der Waals surface area (Å²) in [7, 11) is -3.89. The van der Waals surface area contributed by atoms with Crippen molar-refractivity contribution >= 4 is 32.5 Å². The molecule has 118 valence electrons. The van der Waals surface area contributed by atoms with Crippen molar-refractivity contribution in [1.29, 1.82) is 0 Å². The summed E-state index contributed by atoms with van der Waals surface area (Å²) in [5, 5.41) is 14.8. The maximum Gasteiger partial charge on any atom is 0.262 e. The van der Waals surface area contributed by atoms with E-state index in [1.54, 1.807) is 0 Å². The van der Waals surface area contributed by atoms with Gasteiger partial charge in [0.05, 0.1) is 4.90 Å². The van der Waals surface area contributed by atoms with Crippen LogP contribution in [0.15, 0.2) is 52.0 Å². The van der Waals surface area contributed by atoms with E-state index < -0.39 is 10.0 Å². The van der Waals surface area contributed by atoms with E-state index in [-0.39, 0.29) is 26.6 Å². The number of hydrogen-bond acceptors (Lipinski definition) is 6. The zero-order chi connectivity index (χ0) is 16.6. The minimum absolute atomic E-state index is 0.0137. The molecule has 9 heteroatoms. The second kappa shape index (κ2) is 5.36. The van der Waals surface area contributed by atoms with Crippen LogP contribution in [0.25, 0.3) is 11.0 Å². The van der Waals surface area contributed by atoms with Crippen molar-refractivity contribution in [3.8, 4) is 0 Å². The molecule has 0 unspecified atom stereocenters. The minimum Gasteiger partial charge on any atom is -0.359 e. The molecule has 0 atom stereocenters. The molecule has 2 aromatic carbocycles. The second-order valence-corrected chi connectivity index (χ2v) is 6.50. The first-order valence-corrected chi connectivity index (χ1v) is 7.98. The van der Waals surface area contributed by atoms with Crippen LogP contribution in [0.4, 0.5) is 5.69 Å². The lowest BCUT2D eigenvalue weighted by Gasteiger charge is -2.08. The number of aromatic nitrogens is 2. The first kappa shape index (κ1) is 15.0. The minimum atomic E-state index is -3.89. The molecule has 0 aliphatic heterocycles. The Morgan fingerprint density at radius 2 is 1.91 bits per heavy atom. The van der Waals surface area contributed by atoms with E-state index in [2.05, 4.69) is 14.5 Å². The van der Waals surface area contributed by atoms with Crippen LogP contribution in [0.1, 0.15) is 17.3 Å². The summed E-state index contributed by atoms with van der Waals surface area (Å²) >= 11 is 0. The molecule has 0 fully saturated rings. The number of rotatable bonds is 4. The lowest BCUT2D eigenvalue weighted by molar-refractivity contribution is -0.782. The van der Waals surface area contributed by atoms with Crippen molar-refractivity contribution in [2.45, 2.75) is 11.8 Å². The zero-order valence-corrected chi connectivity index (χ0v) is 12.7. The number of carbonyl (C=O) groups is 1. The first-order valence-electron chi connectivity index (χ1n) is 6.50. The fraction of sp³-hybridized carbons (Fsp3) is 0.0714. The van der Waals surface area contributed by atoms with Crippen LogP contribution in [0, 0.1) is 5.21 Å². The number of Topliss-reactive ketones (excluding diaryl/α,β-unsaturated/α-hetero) is 1. The summed E-state index contributed by atoms with van der Waals surface area (Å²) in [6, 6.07) is 9.88. The molecular weight excluding hydrogens is 322 g/mol. The summed E-state index contributed by atoms with van der Waals surface area (Å²) in [5.41, 5.74) is 1.05. The Morgan fingerprint density at radius 3 is 2.57 bits per heavy atom. The van der Waals surface area contributed by atoms with Crippen molar-refractivity contribution in [2.24, 2.45) is 0 Å². The number of ketones is 1. The van der Waals surface area contributed by atoms with Crippen LogP contribution < -0.4 is 9.63 Å². The highest BCUT2D eigenvalue weighted by atomic mass is 32.2. The monoisotopic (exact) mass is 333 g/mol. The third-order valence-corrected chi connectivity index (χ3v) is 4.59. The summed E-state index contributed by atoms with van der Waals surface area (Å²) in [4.78, 5) is 11.2. The maximum absolute atomic E-state index is 12.4. The molecule has 0 amide bonds. The van der Waals surface area contributed by atoms with Gasteiger partial charge in [0, 0.05) is 22.5 Å². The Hall–Kier alpha value is -2.94. The lowest BCUT2D eigenvalue weighted by atomic mass is 10.1. The Bertz CT molecular complexity index is 993. The Labute approximate surface area is 130 Å². The molecule has 23 heavy (non-hydrogen) atoms. The number of carbonyl (C=O) groups excluding carboxylic acids is 1. The number of fused-ring (bicyclic) bond motifs is 1. The molecule has 8 nitrogen and oxygen atoms in total. The van der Waals surface area contributed by atoms with Crippen LogP contribution >= 0.6 is 0 Å². The van der Waals surface area contributed by atoms with E-state index in [4.69, 9.17) is 0 Å². The summed E-state index contributed by atoms with van der Waals surface area (Å²) in [5.74, 6) is -0.114. The fourth-order valence-electron chi connectivity index (χ4n) is 2.01. The van der Waals surface area contributed by atoms with E-state index >= 15 is 0 Å². The van der Waals surface area contributed by atoms with Gasteiger partial charge >= 0.3 is 0 Å². The van der Waals surface area contributed by atoms with Gasteiger partial charge in [-0.25, -0.2) is 8.42 Å². The van der Waals surface area contributed by atoms with Gasteiger partial charge in [0.1, 0.15) is 0 Å². The Balaban J connectivity index is 1.93. The van der Waals surface area contributed by atoms with Crippen molar-refractivity contribution in [3.63, 3.8) is 0 Å². The summed E-state index contributed by atoms with van der Waals surface area (Å²) < 4.78 is 31.5. The molecule has 0 radical (unpaired) electrons. The molecule has 1 heterocycles. The molecule has 3 rings (SSSR count). The van der Waals surface area contributed by atoms with Crippen molar-refractivity contribution in [3.05, 3.63) is 53.2 Å². The second-order valence-electron chi connectivity index (χ2n) is 4.82. The zero-order valence-electron chi connectivity index (χ0n) is 11.9. The van der Waals surface area contributed by atoms with Gasteiger partial charge in [-0.15, -0.1) is 0 Å². The molecule has 1 aromatic heterocycles. The van der Waals surface area contributed by atoms with Crippen LogP contribution in [0.2, 0.25) is 0 Å². The lowest BCUT2D eigenvalue weighted by Crippen LogP contribution is -2.23. The van der Waals surface area contributed by atoms with E-state index in [1.165, 1.54) is 49.4 Å². The average molecular weight is 333 g/mol. The van der Waals surface area contributed by atoms with Crippen molar-refractivity contribution < 1.29 is 22.7 Å². The van der Waals surface area contributed by atoms with Gasteiger partial charge in [0.2, 0.25) is 11.0 Å². The molecule has 0 spiro atoms.